The molecule has 1 heterocycles. The molecular formula is C14H17ClN4. The topological polar surface area (TPSA) is 64.7 Å². The second-order valence-electron chi connectivity index (χ2n) is 4.59. The van der Waals surface area contributed by atoms with Crippen molar-refractivity contribution in [2.45, 2.75) is 26.2 Å². The van der Waals surface area contributed by atoms with Gasteiger partial charge in [-0.15, -0.1) is 0 Å². The third-order valence-corrected chi connectivity index (χ3v) is 3.46. The van der Waals surface area contributed by atoms with Gasteiger partial charge in [0.25, 0.3) is 0 Å². The minimum Gasteiger partial charge on any atom is -0.368 e. The number of hydrogen-bond donors (Lipinski definition) is 1. The summed E-state index contributed by atoms with van der Waals surface area (Å²) in [5.41, 5.74) is 6.84. The van der Waals surface area contributed by atoms with Gasteiger partial charge in [0.1, 0.15) is 5.82 Å². The minimum absolute atomic E-state index is 0.0778. The van der Waals surface area contributed by atoms with E-state index in [0.29, 0.717) is 11.7 Å². The van der Waals surface area contributed by atoms with E-state index >= 15 is 0 Å². The molecule has 2 unspecified atom stereocenters. The van der Waals surface area contributed by atoms with Gasteiger partial charge in [-0.25, -0.2) is 4.98 Å². The quantitative estimate of drug-likeness (QED) is 0.931. The molecule has 0 aliphatic carbocycles. The third-order valence-electron chi connectivity index (χ3n) is 3.29. The van der Waals surface area contributed by atoms with Crippen LogP contribution in [0.15, 0.2) is 30.3 Å². The van der Waals surface area contributed by atoms with Gasteiger partial charge in [-0.3, -0.25) is 0 Å². The van der Waals surface area contributed by atoms with Crippen LogP contribution in [0.3, 0.4) is 0 Å². The zero-order chi connectivity index (χ0) is 13.8. The van der Waals surface area contributed by atoms with E-state index in [1.807, 2.05) is 18.2 Å². The third kappa shape index (κ3) is 3.20. The number of benzene rings is 1. The van der Waals surface area contributed by atoms with Crippen molar-refractivity contribution < 1.29 is 0 Å². The number of hydrogen-bond acceptors (Lipinski definition) is 4. The summed E-state index contributed by atoms with van der Waals surface area (Å²) >= 11 is 5.89. The summed E-state index contributed by atoms with van der Waals surface area (Å²) in [5, 5.41) is 0.145. The Balaban J connectivity index is 2.49. The SMILES string of the molecule is CCC(C)C(c1ccccc1)c1nc(N)nc(Cl)n1. The van der Waals surface area contributed by atoms with Gasteiger partial charge in [-0.1, -0.05) is 50.6 Å². The zero-order valence-corrected chi connectivity index (χ0v) is 11.8. The predicted octanol–water partition coefficient (Wildman–Crippen LogP) is 3.29. The Bertz CT molecular complexity index is 524. The second-order valence-corrected chi connectivity index (χ2v) is 4.93. The molecule has 0 spiro atoms. The van der Waals surface area contributed by atoms with Gasteiger partial charge in [-0.05, 0) is 23.1 Å². The average molecular weight is 277 g/mol. The number of nitrogens with two attached hydrogens (primary N) is 1. The lowest BCUT2D eigenvalue weighted by atomic mass is 9.85. The van der Waals surface area contributed by atoms with Crippen LogP contribution in [0.1, 0.15) is 37.6 Å². The molecule has 2 N–H and O–H groups in total. The van der Waals surface area contributed by atoms with Crippen LogP contribution in [0.2, 0.25) is 5.28 Å². The van der Waals surface area contributed by atoms with Crippen LogP contribution in [0, 0.1) is 5.92 Å². The van der Waals surface area contributed by atoms with Gasteiger partial charge in [0.05, 0.1) is 0 Å². The predicted molar refractivity (Wildman–Crippen MR) is 77.0 cm³/mol. The maximum absolute atomic E-state index is 5.89. The van der Waals surface area contributed by atoms with Gasteiger partial charge in [0, 0.05) is 5.92 Å². The van der Waals surface area contributed by atoms with Crippen LogP contribution in [0.5, 0.6) is 0 Å². The van der Waals surface area contributed by atoms with Crippen LogP contribution < -0.4 is 5.73 Å². The summed E-state index contributed by atoms with van der Waals surface area (Å²) in [6, 6.07) is 10.2. The first-order valence-electron chi connectivity index (χ1n) is 6.33. The number of nitrogen functional groups attached to an aromatic ring is 1. The van der Waals surface area contributed by atoms with Crippen LogP contribution in [-0.2, 0) is 0 Å². The number of rotatable bonds is 4. The van der Waals surface area contributed by atoms with E-state index in [4.69, 9.17) is 17.3 Å². The van der Waals surface area contributed by atoms with Gasteiger partial charge < -0.3 is 5.73 Å². The lowest BCUT2D eigenvalue weighted by Gasteiger charge is -2.22. The lowest BCUT2D eigenvalue weighted by molar-refractivity contribution is 0.477. The summed E-state index contributed by atoms with van der Waals surface area (Å²) < 4.78 is 0. The number of halogens is 1. The normalized spacial score (nSPS) is 14.1. The highest BCUT2D eigenvalue weighted by Gasteiger charge is 2.23. The van der Waals surface area contributed by atoms with Crippen molar-refractivity contribution in [3.8, 4) is 0 Å². The molecule has 0 bridgehead atoms. The fourth-order valence-corrected chi connectivity index (χ4v) is 2.32. The monoisotopic (exact) mass is 276 g/mol. The van der Waals surface area contributed by atoms with E-state index in [0.717, 1.165) is 6.42 Å². The van der Waals surface area contributed by atoms with Gasteiger partial charge in [-0.2, -0.15) is 9.97 Å². The summed E-state index contributed by atoms with van der Waals surface area (Å²) in [6.07, 6.45) is 1.02. The molecule has 0 radical (unpaired) electrons. The number of anilines is 1. The fraction of sp³-hybridized carbons (Fsp3) is 0.357. The van der Waals surface area contributed by atoms with Crippen molar-refractivity contribution in [3.05, 3.63) is 47.0 Å². The first kappa shape index (κ1) is 13.7. The van der Waals surface area contributed by atoms with Crippen LogP contribution in [0.4, 0.5) is 5.95 Å². The molecule has 1 aromatic heterocycles. The van der Waals surface area contributed by atoms with Crippen LogP contribution >= 0.6 is 11.6 Å². The molecule has 19 heavy (non-hydrogen) atoms. The van der Waals surface area contributed by atoms with E-state index in [1.165, 1.54) is 5.56 Å². The zero-order valence-electron chi connectivity index (χ0n) is 11.0. The Labute approximate surface area is 118 Å². The maximum Gasteiger partial charge on any atom is 0.227 e. The summed E-state index contributed by atoms with van der Waals surface area (Å²) in [7, 11) is 0. The Morgan fingerprint density at radius 1 is 1.16 bits per heavy atom. The summed E-state index contributed by atoms with van der Waals surface area (Å²) in [5.74, 6) is 1.27. The fourth-order valence-electron chi connectivity index (χ4n) is 2.15. The molecule has 0 fully saturated rings. The molecule has 2 aromatic rings. The Morgan fingerprint density at radius 3 is 2.42 bits per heavy atom. The molecule has 4 nitrogen and oxygen atoms in total. The molecule has 0 saturated carbocycles. The molecule has 0 aliphatic heterocycles. The van der Waals surface area contributed by atoms with Crippen LogP contribution in [0.25, 0.3) is 0 Å². The van der Waals surface area contributed by atoms with Crippen LogP contribution in [-0.4, -0.2) is 15.0 Å². The molecule has 0 aliphatic rings. The van der Waals surface area contributed by atoms with Gasteiger partial charge >= 0.3 is 0 Å². The Morgan fingerprint density at radius 2 is 1.84 bits per heavy atom. The highest BCUT2D eigenvalue weighted by Crippen LogP contribution is 2.32. The van der Waals surface area contributed by atoms with E-state index in [1.54, 1.807) is 0 Å². The second kappa shape index (κ2) is 5.97. The Hall–Kier alpha value is -1.68. The van der Waals surface area contributed by atoms with Crippen molar-refractivity contribution in [1.29, 1.82) is 0 Å². The first-order chi connectivity index (χ1) is 9.11. The van der Waals surface area contributed by atoms with Crippen molar-refractivity contribution >= 4 is 17.5 Å². The van der Waals surface area contributed by atoms with Crippen molar-refractivity contribution in [2.24, 2.45) is 5.92 Å². The molecule has 0 saturated heterocycles. The van der Waals surface area contributed by atoms with Gasteiger partial charge in [0.15, 0.2) is 0 Å². The van der Waals surface area contributed by atoms with E-state index in [-0.39, 0.29) is 17.1 Å². The largest absolute Gasteiger partial charge is 0.368 e. The van der Waals surface area contributed by atoms with Crippen molar-refractivity contribution in [2.75, 3.05) is 5.73 Å². The smallest absolute Gasteiger partial charge is 0.227 e. The standard InChI is InChI=1S/C14H17ClN4/c1-3-9(2)11(10-7-5-4-6-8-10)12-17-13(15)19-14(16)18-12/h4-9,11H,3H2,1-2H3,(H2,16,17,18,19). The molecule has 2 atom stereocenters. The minimum atomic E-state index is 0.0778. The molecule has 100 valence electrons. The molecule has 1 aromatic carbocycles. The molecular weight excluding hydrogens is 260 g/mol. The first-order valence-corrected chi connectivity index (χ1v) is 6.71. The molecule has 2 rings (SSSR count). The highest BCUT2D eigenvalue weighted by atomic mass is 35.5. The number of nitrogens with zero attached hydrogens (tertiary/aromatic N) is 3. The summed E-state index contributed by atoms with van der Waals surface area (Å²) in [4.78, 5) is 12.3. The summed E-state index contributed by atoms with van der Waals surface area (Å²) in [6.45, 7) is 4.32. The van der Waals surface area contributed by atoms with E-state index < -0.39 is 0 Å². The van der Waals surface area contributed by atoms with E-state index in [2.05, 4.69) is 40.9 Å². The maximum atomic E-state index is 5.89. The lowest BCUT2D eigenvalue weighted by Crippen LogP contribution is -2.16. The van der Waals surface area contributed by atoms with E-state index in [9.17, 15) is 0 Å². The van der Waals surface area contributed by atoms with Crippen molar-refractivity contribution in [3.63, 3.8) is 0 Å². The van der Waals surface area contributed by atoms with Gasteiger partial charge in [0.2, 0.25) is 11.2 Å². The molecule has 0 amide bonds. The Kier molecular flexibility index (Phi) is 4.32. The highest BCUT2D eigenvalue weighted by molar-refractivity contribution is 6.28. The average Bonchev–Trinajstić information content (AvgIpc) is 2.39. The van der Waals surface area contributed by atoms with Crippen molar-refractivity contribution in [1.82, 2.24) is 15.0 Å². The number of aromatic nitrogens is 3. The molecule has 5 heteroatoms.